The minimum atomic E-state index is 0.801. The van der Waals surface area contributed by atoms with Gasteiger partial charge in [0.1, 0.15) is 0 Å². The molecule has 1 aromatic carbocycles. The van der Waals surface area contributed by atoms with Crippen LogP contribution >= 0.6 is 23.4 Å². The topological polar surface area (TPSA) is 26.0 Å². The Balaban J connectivity index is 2.52. The normalized spacial score (nSPS) is 10.8. The van der Waals surface area contributed by atoms with Crippen LogP contribution in [0.1, 0.15) is 0 Å². The van der Waals surface area contributed by atoms with Crippen LogP contribution in [0.5, 0.6) is 0 Å². The first-order valence-electron chi connectivity index (χ1n) is 3.56. The maximum absolute atomic E-state index is 5.61. The maximum atomic E-state index is 5.61. The fraction of sp³-hybridized carbons (Fsp3) is 0.111. The van der Waals surface area contributed by atoms with Crippen molar-refractivity contribution in [3.63, 3.8) is 0 Å². The van der Waals surface area contributed by atoms with Crippen LogP contribution in [-0.4, -0.2) is 5.75 Å². The third-order valence-corrected chi connectivity index (χ3v) is 2.42. The van der Waals surface area contributed by atoms with Crippen molar-refractivity contribution in [3.8, 4) is 0 Å². The number of benzene rings is 1. The third kappa shape index (κ3) is 3.20. The molecular formula is C9H10ClNS. The minimum Gasteiger partial charge on any atom is -0.399 e. The molecule has 0 saturated heterocycles. The number of hydrogen-bond donors (Lipinski definition) is 1. The molecule has 0 unspecified atom stereocenters. The number of nitrogens with two attached hydrogens (primary N) is 1. The highest BCUT2D eigenvalue weighted by molar-refractivity contribution is 7.99. The molecule has 12 heavy (non-hydrogen) atoms. The fourth-order valence-corrected chi connectivity index (χ4v) is 1.76. The van der Waals surface area contributed by atoms with Crippen molar-refractivity contribution in [1.82, 2.24) is 0 Å². The summed E-state index contributed by atoms with van der Waals surface area (Å²) in [5.41, 5.74) is 7.93. The lowest BCUT2D eigenvalue weighted by molar-refractivity contribution is 1.46. The van der Waals surface area contributed by atoms with E-state index in [1.165, 1.54) is 10.4 Å². The van der Waals surface area contributed by atoms with E-state index in [0.29, 0.717) is 0 Å². The summed E-state index contributed by atoms with van der Waals surface area (Å²) in [6.07, 6.45) is 1.90. The number of thioether (sulfide) groups is 1. The SMILES string of the molecule is Nc1cccc(SCC=CCl)c1. The lowest BCUT2D eigenvalue weighted by atomic mass is 10.3. The van der Waals surface area contributed by atoms with E-state index in [1.807, 2.05) is 30.3 Å². The summed E-state index contributed by atoms with van der Waals surface area (Å²) in [5.74, 6) is 0.882. The average molecular weight is 200 g/mol. The van der Waals surface area contributed by atoms with Crippen molar-refractivity contribution in [3.05, 3.63) is 35.9 Å². The van der Waals surface area contributed by atoms with E-state index in [4.69, 9.17) is 17.3 Å². The van der Waals surface area contributed by atoms with Crippen LogP contribution < -0.4 is 5.73 Å². The van der Waals surface area contributed by atoms with Crippen molar-refractivity contribution < 1.29 is 0 Å². The molecule has 3 heteroatoms. The molecule has 0 fully saturated rings. The summed E-state index contributed by atoms with van der Waals surface area (Å²) in [6.45, 7) is 0. The summed E-state index contributed by atoms with van der Waals surface area (Å²) >= 11 is 7.09. The van der Waals surface area contributed by atoms with Crippen molar-refractivity contribution in [2.24, 2.45) is 0 Å². The molecule has 0 radical (unpaired) electrons. The van der Waals surface area contributed by atoms with Crippen LogP contribution in [0.3, 0.4) is 0 Å². The van der Waals surface area contributed by atoms with Gasteiger partial charge in [0, 0.05) is 21.9 Å². The van der Waals surface area contributed by atoms with Crippen LogP contribution in [0.2, 0.25) is 0 Å². The quantitative estimate of drug-likeness (QED) is 0.598. The Hall–Kier alpha value is -0.600. The zero-order valence-electron chi connectivity index (χ0n) is 6.53. The zero-order valence-corrected chi connectivity index (χ0v) is 8.11. The van der Waals surface area contributed by atoms with E-state index in [1.54, 1.807) is 11.8 Å². The van der Waals surface area contributed by atoms with E-state index in [-0.39, 0.29) is 0 Å². The number of halogens is 1. The highest BCUT2D eigenvalue weighted by Crippen LogP contribution is 2.19. The van der Waals surface area contributed by atoms with Gasteiger partial charge in [-0.15, -0.1) is 11.8 Å². The summed E-state index contributed by atoms with van der Waals surface area (Å²) in [4.78, 5) is 1.17. The molecule has 0 heterocycles. The van der Waals surface area contributed by atoms with E-state index < -0.39 is 0 Å². The van der Waals surface area contributed by atoms with Gasteiger partial charge in [-0.25, -0.2) is 0 Å². The smallest absolute Gasteiger partial charge is 0.0325 e. The predicted molar refractivity (Wildman–Crippen MR) is 56.6 cm³/mol. The van der Waals surface area contributed by atoms with Crippen LogP contribution in [0.15, 0.2) is 40.8 Å². The molecule has 0 amide bonds. The third-order valence-electron chi connectivity index (χ3n) is 1.29. The molecule has 0 aliphatic heterocycles. The molecule has 0 aliphatic rings. The van der Waals surface area contributed by atoms with Gasteiger partial charge in [-0.05, 0) is 18.2 Å². The van der Waals surface area contributed by atoms with Gasteiger partial charge in [0.05, 0.1) is 0 Å². The Bertz CT molecular complexity index is 273. The second kappa shape index (κ2) is 5.12. The second-order valence-electron chi connectivity index (χ2n) is 2.25. The Kier molecular flexibility index (Phi) is 4.05. The molecule has 0 bridgehead atoms. The first kappa shape index (κ1) is 9.49. The Labute approximate surface area is 81.6 Å². The lowest BCUT2D eigenvalue weighted by Gasteiger charge is -1.98. The van der Waals surface area contributed by atoms with E-state index >= 15 is 0 Å². The summed E-state index contributed by atoms with van der Waals surface area (Å²) in [5, 5.41) is 0. The molecule has 64 valence electrons. The monoisotopic (exact) mass is 199 g/mol. The van der Waals surface area contributed by atoms with Gasteiger partial charge in [-0.1, -0.05) is 23.7 Å². The molecule has 2 N–H and O–H groups in total. The largest absolute Gasteiger partial charge is 0.399 e. The Morgan fingerprint density at radius 2 is 2.33 bits per heavy atom. The van der Waals surface area contributed by atoms with Crippen LogP contribution in [0.25, 0.3) is 0 Å². The van der Waals surface area contributed by atoms with Gasteiger partial charge in [0.2, 0.25) is 0 Å². The van der Waals surface area contributed by atoms with Gasteiger partial charge in [-0.3, -0.25) is 0 Å². The van der Waals surface area contributed by atoms with Crippen molar-refractivity contribution in [1.29, 1.82) is 0 Å². The lowest BCUT2D eigenvalue weighted by Crippen LogP contribution is -1.83. The highest BCUT2D eigenvalue weighted by Gasteiger charge is 1.91. The molecule has 1 aromatic rings. The van der Waals surface area contributed by atoms with Gasteiger partial charge in [-0.2, -0.15) is 0 Å². The Morgan fingerprint density at radius 1 is 1.50 bits per heavy atom. The average Bonchev–Trinajstić information content (AvgIpc) is 2.05. The van der Waals surface area contributed by atoms with Gasteiger partial charge < -0.3 is 5.73 Å². The van der Waals surface area contributed by atoms with E-state index in [2.05, 4.69) is 0 Å². The standard InChI is InChI=1S/C9H10ClNS/c10-5-2-6-12-9-4-1-3-8(11)7-9/h1-5,7H,6,11H2. The second-order valence-corrected chi connectivity index (χ2v) is 3.59. The molecule has 0 aromatic heterocycles. The summed E-state index contributed by atoms with van der Waals surface area (Å²) in [7, 11) is 0. The number of hydrogen-bond acceptors (Lipinski definition) is 2. The molecule has 0 aliphatic carbocycles. The van der Waals surface area contributed by atoms with E-state index in [9.17, 15) is 0 Å². The Morgan fingerprint density at radius 3 is 3.00 bits per heavy atom. The first-order chi connectivity index (χ1) is 5.83. The number of rotatable bonds is 3. The minimum absolute atomic E-state index is 0.801. The molecule has 0 atom stereocenters. The van der Waals surface area contributed by atoms with Crippen molar-refractivity contribution >= 4 is 29.1 Å². The van der Waals surface area contributed by atoms with E-state index in [0.717, 1.165) is 11.4 Å². The van der Waals surface area contributed by atoms with Gasteiger partial charge in [0.25, 0.3) is 0 Å². The van der Waals surface area contributed by atoms with Crippen molar-refractivity contribution in [2.75, 3.05) is 11.5 Å². The molecule has 1 nitrogen and oxygen atoms in total. The van der Waals surface area contributed by atoms with Crippen LogP contribution in [0.4, 0.5) is 5.69 Å². The van der Waals surface area contributed by atoms with Gasteiger partial charge in [0.15, 0.2) is 0 Å². The molecule has 0 saturated carbocycles. The number of nitrogen functional groups attached to an aromatic ring is 1. The summed E-state index contributed by atoms with van der Waals surface area (Å²) < 4.78 is 0. The highest BCUT2D eigenvalue weighted by atomic mass is 35.5. The first-order valence-corrected chi connectivity index (χ1v) is 4.98. The van der Waals surface area contributed by atoms with Crippen molar-refractivity contribution in [2.45, 2.75) is 4.90 Å². The molecule has 0 spiro atoms. The molecule has 1 rings (SSSR count). The molecular weight excluding hydrogens is 190 g/mol. The predicted octanol–water partition coefficient (Wildman–Crippen LogP) is 3.11. The maximum Gasteiger partial charge on any atom is 0.0325 e. The summed E-state index contributed by atoms with van der Waals surface area (Å²) in [6, 6.07) is 7.80. The van der Waals surface area contributed by atoms with Gasteiger partial charge >= 0.3 is 0 Å². The van der Waals surface area contributed by atoms with Crippen LogP contribution in [-0.2, 0) is 0 Å². The number of anilines is 1. The fourth-order valence-electron chi connectivity index (χ4n) is 0.785. The van der Waals surface area contributed by atoms with Crippen LogP contribution in [0, 0.1) is 0 Å². The zero-order chi connectivity index (χ0) is 8.81.